The van der Waals surface area contributed by atoms with E-state index in [1.54, 1.807) is 13.3 Å². The largest absolute Gasteiger partial charge is 0.384 e. The number of hydrogen-bond acceptors (Lipinski definition) is 4. The molecule has 0 spiro atoms. The van der Waals surface area contributed by atoms with Crippen molar-refractivity contribution in [2.75, 3.05) is 31.7 Å². The molecule has 1 N–H and O–H groups in total. The van der Waals surface area contributed by atoms with Crippen LogP contribution in [0, 0.1) is 0 Å². The van der Waals surface area contributed by atoms with Gasteiger partial charge in [0.1, 0.15) is 5.82 Å². The van der Waals surface area contributed by atoms with Crippen molar-refractivity contribution in [1.29, 1.82) is 0 Å². The zero-order valence-electron chi connectivity index (χ0n) is 11.3. The summed E-state index contributed by atoms with van der Waals surface area (Å²) in [6.07, 6.45) is 4.33. The highest BCUT2D eigenvalue weighted by Gasteiger charge is 2.21. The van der Waals surface area contributed by atoms with Gasteiger partial charge in [0.2, 0.25) is 5.91 Å². The number of rotatable bonds is 5. The smallest absolute Gasteiger partial charge is 0.222 e. The molecule has 1 saturated heterocycles. The van der Waals surface area contributed by atoms with Crippen molar-refractivity contribution in [3.8, 4) is 0 Å². The van der Waals surface area contributed by atoms with Gasteiger partial charge in [-0.25, -0.2) is 4.98 Å². The maximum Gasteiger partial charge on any atom is 0.222 e. The van der Waals surface area contributed by atoms with Gasteiger partial charge < -0.3 is 15.0 Å². The van der Waals surface area contributed by atoms with Gasteiger partial charge >= 0.3 is 0 Å². The van der Waals surface area contributed by atoms with Gasteiger partial charge in [0.15, 0.2) is 0 Å². The molecule has 5 heteroatoms. The Kier molecular flexibility index (Phi) is 5.15. The second-order valence-corrected chi connectivity index (χ2v) is 4.78. The van der Waals surface area contributed by atoms with E-state index in [9.17, 15) is 4.79 Å². The predicted octanol–water partition coefficient (Wildman–Crippen LogP) is 1.20. The van der Waals surface area contributed by atoms with Gasteiger partial charge in [0, 0.05) is 38.9 Å². The number of methoxy groups -OCH3 is 1. The van der Waals surface area contributed by atoms with Crippen molar-refractivity contribution in [3.63, 3.8) is 0 Å². The fourth-order valence-corrected chi connectivity index (χ4v) is 2.34. The van der Waals surface area contributed by atoms with Gasteiger partial charge in [0.25, 0.3) is 0 Å². The summed E-state index contributed by atoms with van der Waals surface area (Å²) in [7, 11) is 1.61. The highest BCUT2D eigenvalue weighted by atomic mass is 16.5. The maximum absolute atomic E-state index is 11.7. The molecule has 19 heavy (non-hydrogen) atoms. The van der Waals surface area contributed by atoms with Crippen LogP contribution >= 0.6 is 0 Å². The number of aromatic nitrogens is 1. The van der Waals surface area contributed by atoms with Gasteiger partial charge in [-0.15, -0.1) is 0 Å². The summed E-state index contributed by atoms with van der Waals surface area (Å²) >= 11 is 0. The monoisotopic (exact) mass is 263 g/mol. The summed E-state index contributed by atoms with van der Waals surface area (Å²) in [5.74, 6) is 1.05. The van der Waals surface area contributed by atoms with Crippen LogP contribution in [0.3, 0.4) is 0 Å². The van der Waals surface area contributed by atoms with Crippen LogP contribution in [0.5, 0.6) is 0 Å². The van der Waals surface area contributed by atoms with Gasteiger partial charge in [0.05, 0.1) is 6.61 Å². The van der Waals surface area contributed by atoms with Crippen LogP contribution in [-0.4, -0.2) is 43.7 Å². The SMILES string of the molecule is COCCC(=O)N[C@H]1CCCN(c2ccccn2)C1. The average Bonchev–Trinajstić information content (AvgIpc) is 2.46. The van der Waals surface area contributed by atoms with Gasteiger partial charge in [-0.05, 0) is 25.0 Å². The third kappa shape index (κ3) is 4.21. The minimum atomic E-state index is 0.0646. The molecule has 1 amide bonds. The molecule has 0 aromatic carbocycles. The van der Waals surface area contributed by atoms with Crippen LogP contribution < -0.4 is 10.2 Å². The Morgan fingerprint density at radius 2 is 2.47 bits per heavy atom. The zero-order chi connectivity index (χ0) is 13.5. The van der Waals surface area contributed by atoms with Crippen molar-refractivity contribution in [3.05, 3.63) is 24.4 Å². The Morgan fingerprint density at radius 1 is 1.58 bits per heavy atom. The molecule has 0 aliphatic carbocycles. The molecule has 1 atom stereocenters. The number of carbonyl (C=O) groups excluding carboxylic acids is 1. The molecule has 0 unspecified atom stereocenters. The molecule has 0 radical (unpaired) electrons. The molecule has 0 saturated carbocycles. The first-order chi connectivity index (χ1) is 9.29. The standard InChI is InChI=1S/C14H21N3O2/c1-19-10-7-14(18)16-12-5-4-9-17(11-12)13-6-2-3-8-15-13/h2-3,6,8,12H,4-5,7,9-11H2,1H3,(H,16,18)/t12-/m0/s1. The second-order valence-electron chi connectivity index (χ2n) is 4.78. The van der Waals surface area contributed by atoms with E-state index in [-0.39, 0.29) is 11.9 Å². The summed E-state index contributed by atoms with van der Waals surface area (Å²) in [5.41, 5.74) is 0. The molecular weight excluding hydrogens is 242 g/mol. The lowest BCUT2D eigenvalue weighted by molar-refractivity contribution is -0.122. The molecule has 1 aromatic rings. The topological polar surface area (TPSA) is 54.5 Å². The van der Waals surface area contributed by atoms with E-state index < -0.39 is 0 Å². The van der Waals surface area contributed by atoms with Gasteiger partial charge in [-0.1, -0.05) is 6.07 Å². The van der Waals surface area contributed by atoms with Crippen LogP contribution in [0.4, 0.5) is 5.82 Å². The first-order valence-electron chi connectivity index (χ1n) is 6.74. The number of nitrogens with one attached hydrogen (secondary N) is 1. The molecule has 2 rings (SSSR count). The molecule has 1 aromatic heterocycles. The van der Waals surface area contributed by atoms with Crippen LogP contribution in [0.1, 0.15) is 19.3 Å². The Hall–Kier alpha value is -1.62. The van der Waals surface area contributed by atoms with Crippen molar-refractivity contribution in [1.82, 2.24) is 10.3 Å². The summed E-state index contributed by atoms with van der Waals surface area (Å²) in [6, 6.07) is 6.12. The normalized spacial score (nSPS) is 19.2. The fraction of sp³-hybridized carbons (Fsp3) is 0.571. The fourth-order valence-electron chi connectivity index (χ4n) is 2.34. The summed E-state index contributed by atoms with van der Waals surface area (Å²) in [4.78, 5) is 18.3. The second kappa shape index (κ2) is 7.09. The highest BCUT2D eigenvalue weighted by molar-refractivity contribution is 5.76. The Labute approximate surface area is 114 Å². The summed E-state index contributed by atoms with van der Waals surface area (Å²) in [5, 5.41) is 3.07. The number of pyridine rings is 1. The number of anilines is 1. The van der Waals surface area contributed by atoms with E-state index in [1.807, 2.05) is 18.2 Å². The Morgan fingerprint density at radius 3 is 3.21 bits per heavy atom. The minimum absolute atomic E-state index is 0.0646. The first kappa shape index (κ1) is 13.8. The van der Waals surface area contributed by atoms with Crippen LogP contribution in [0.15, 0.2) is 24.4 Å². The molecule has 5 nitrogen and oxygen atoms in total. The summed E-state index contributed by atoms with van der Waals surface area (Å²) < 4.78 is 4.91. The molecule has 2 heterocycles. The summed E-state index contributed by atoms with van der Waals surface area (Å²) in [6.45, 7) is 2.31. The van der Waals surface area contributed by atoms with Crippen molar-refractivity contribution >= 4 is 11.7 Å². The van der Waals surface area contributed by atoms with Gasteiger partial charge in [-0.3, -0.25) is 4.79 Å². The predicted molar refractivity (Wildman–Crippen MR) is 74.1 cm³/mol. The molecule has 1 aliphatic heterocycles. The van der Waals surface area contributed by atoms with Crippen LogP contribution in [0.25, 0.3) is 0 Å². The number of piperidine rings is 1. The van der Waals surface area contributed by atoms with Crippen molar-refractivity contribution in [2.45, 2.75) is 25.3 Å². The van der Waals surface area contributed by atoms with E-state index in [4.69, 9.17) is 4.74 Å². The number of hydrogen-bond donors (Lipinski definition) is 1. The molecule has 1 fully saturated rings. The number of carbonyl (C=O) groups is 1. The Balaban J connectivity index is 1.85. The first-order valence-corrected chi connectivity index (χ1v) is 6.74. The van der Waals surface area contributed by atoms with E-state index in [0.717, 1.165) is 31.7 Å². The van der Waals surface area contributed by atoms with E-state index in [1.165, 1.54) is 0 Å². The number of amides is 1. The van der Waals surface area contributed by atoms with Gasteiger partial charge in [-0.2, -0.15) is 0 Å². The lowest BCUT2D eigenvalue weighted by atomic mass is 10.1. The average molecular weight is 263 g/mol. The molecule has 1 aliphatic rings. The van der Waals surface area contributed by atoms with E-state index in [2.05, 4.69) is 15.2 Å². The number of ether oxygens (including phenoxy) is 1. The Bertz CT molecular complexity index is 397. The lowest BCUT2D eigenvalue weighted by Gasteiger charge is -2.33. The highest BCUT2D eigenvalue weighted by Crippen LogP contribution is 2.17. The van der Waals surface area contributed by atoms with Crippen LogP contribution in [-0.2, 0) is 9.53 Å². The molecular formula is C14H21N3O2. The minimum Gasteiger partial charge on any atom is -0.384 e. The quantitative estimate of drug-likeness (QED) is 0.867. The zero-order valence-corrected chi connectivity index (χ0v) is 11.3. The van der Waals surface area contributed by atoms with E-state index >= 15 is 0 Å². The van der Waals surface area contributed by atoms with Crippen molar-refractivity contribution < 1.29 is 9.53 Å². The number of nitrogens with zero attached hydrogens (tertiary/aromatic N) is 2. The van der Waals surface area contributed by atoms with Crippen molar-refractivity contribution in [2.24, 2.45) is 0 Å². The maximum atomic E-state index is 11.7. The molecule has 104 valence electrons. The lowest BCUT2D eigenvalue weighted by Crippen LogP contribution is -2.48. The van der Waals surface area contributed by atoms with Crippen LogP contribution in [0.2, 0.25) is 0 Å². The third-order valence-corrected chi connectivity index (χ3v) is 3.29. The molecule has 0 bridgehead atoms. The van der Waals surface area contributed by atoms with E-state index in [0.29, 0.717) is 13.0 Å². The third-order valence-electron chi connectivity index (χ3n) is 3.29.